The molecule has 8 rings (SSSR count). The molecule has 3 N–H and O–H groups in total. The molecule has 1 aliphatic carbocycles. The molecule has 1 saturated carbocycles. The first-order valence-electron chi connectivity index (χ1n) is 18.4. The number of anilines is 5. The summed E-state index contributed by atoms with van der Waals surface area (Å²) in [6.45, 7) is 10.00. The third-order valence-corrected chi connectivity index (χ3v) is 12.8. The summed E-state index contributed by atoms with van der Waals surface area (Å²) in [5.74, 6) is 1.79. The van der Waals surface area contributed by atoms with Crippen molar-refractivity contribution in [3.05, 3.63) is 71.6 Å². The first-order valence-corrected chi connectivity index (χ1v) is 21.8. The van der Waals surface area contributed by atoms with Gasteiger partial charge in [-0.1, -0.05) is 30.3 Å². The summed E-state index contributed by atoms with van der Waals surface area (Å²) in [5.41, 5.74) is 4.87. The Hall–Kier alpha value is -3.67. The SMILES string of the molecule is Cl.Cn1cc(-c2cc(Nc3ncc(Br)c(Nc4ccc5ccccc5c4P(C)(C)=O)n3)c(OC3CCC3)cc2N2CCC(N3CCNCC3)CC2)cn1. The van der Waals surface area contributed by atoms with Crippen molar-refractivity contribution in [3.63, 3.8) is 0 Å². The number of hydrogen-bond acceptors (Lipinski definition) is 10. The normalized spacial score (nSPS) is 17.3. The van der Waals surface area contributed by atoms with Gasteiger partial charge in [-0.3, -0.25) is 9.58 Å². The minimum atomic E-state index is -2.67. The maximum Gasteiger partial charge on any atom is 0.229 e. The second-order valence-corrected chi connectivity index (χ2v) is 18.6. The van der Waals surface area contributed by atoms with E-state index in [-0.39, 0.29) is 18.5 Å². The summed E-state index contributed by atoms with van der Waals surface area (Å²) in [5, 5.41) is 17.9. The van der Waals surface area contributed by atoms with Crippen LogP contribution in [0.25, 0.3) is 21.9 Å². The van der Waals surface area contributed by atoms with Crippen LogP contribution in [0.15, 0.2) is 71.6 Å². The largest absolute Gasteiger partial charge is 0.488 e. The predicted molar refractivity (Wildman–Crippen MR) is 223 cm³/mol. The maximum atomic E-state index is 13.6. The lowest BCUT2D eigenvalue weighted by atomic mass is 9.95. The molecular formula is C39H48BrClN9O2P. The fraction of sp³-hybridized carbons (Fsp3) is 0.410. The number of piperazine rings is 1. The van der Waals surface area contributed by atoms with E-state index in [1.807, 2.05) is 67.7 Å². The van der Waals surface area contributed by atoms with Gasteiger partial charge in [0.1, 0.15) is 18.7 Å². The highest BCUT2D eigenvalue weighted by Crippen LogP contribution is 2.44. The van der Waals surface area contributed by atoms with Crippen molar-refractivity contribution in [2.24, 2.45) is 7.05 Å². The summed E-state index contributed by atoms with van der Waals surface area (Å²) >= 11 is 3.66. The van der Waals surface area contributed by atoms with Crippen LogP contribution in [0.2, 0.25) is 0 Å². The second kappa shape index (κ2) is 16.0. The van der Waals surface area contributed by atoms with Crippen molar-refractivity contribution in [1.29, 1.82) is 0 Å². The summed E-state index contributed by atoms with van der Waals surface area (Å²) in [6, 6.07) is 17.1. The van der Waals surface area contributed by atoms with Crippen LogP contribution in [-0.4, -0.2) is 89.4 Å². The molecule has 11 nitrogen and oxygen atoms in total. The topological polar surface area (TPSA) is 112 Å². The number of nitrogens with zero attached hydrogens (tertiary/aromatic N) is 6. The van der Waals surface area contributed by atoms with E-state index >= 15 is 0 Å². The van der Waals surface area contributed by atoms with Crippen LogP contribution in [-0.2, 0) is 11.6 Å². The Morgan fingerprint density at radius 1 is 0.943 bits per heavy atom. The van der Waals surface area contributed by atoms with Gasteiger partial charge in [0.25, 0.3) is 0 Å². The molecule has 280 valence electrons. The minimum absolute atomic E-state index is 0. The number of aryl methyl sites for hydroxylation is 1. The Kier molecular flexibility index (Phi) is 11.3. The van der Waals surface area contributed by atoms with Crippen molar-refractivity contribution in [1.82, 2.24) is 30.0 Å². The summed E-state index contributed by atoms with van der Waals surface area (Å²) in [4.78, 5) is 14.8. The van der Waals surface area contributed by atoms with Crippen LogP contribution in [0.5, 0.6) is 5.75 Å². The van der Waals surface area contributed by atoms with Gasteiger partial charge in [0.2, 0.25) is 5.95 Å². The number of nitrogens with one attached hydrogen (secondary N) is 3. The fourth-order valence-electron chi connectivity index (χ4n) is 7.70. The molecule has 0 radical (unpaired) electrons. The molecule has 3 aromatic carbocycles. The number of aromatic nitrogens is 4. The van der Waals surface area contributed by atoms with Crippen molar-refractivity contribution in [2.75, 3.05) is 68.1 Å². The Labute approximate surface area is 326 Å². The highest BCUT2D eigenvalue weighted by atomic mass is 79.9. The Balaban J connectivity index is 0.00000435. The summed E-state index contributed by atoms with van der Waals surface area (Å²) < 4.78 is 22.9. The molecule has 53 heavy (non-hydrogen) atoms. The molecular weight excluding hydrogens is 773 g/mol. The third kappa shape index (κ3) is 8.22. The molecule has 2 saturated heterocycles. The lowest BCUT2D eigenvalue weighted by Crippen LogP contribution is -2.52. The first kappa shape index (κ1) is 37.6. The van der Waals surface area contributed by atoms with Gasteiger partial charge in [-0.25, -0.2) is 4.98 Å². The first-order chi connectivity index (χ1) is 25.2. The van der Waals surface area contributed by atoms with Crippen molar-refractivity contribution in [2.45, 2.75) is 44.2 Å². The summed E-state index contributed by atoms with van der Waals surface area (Å²) in [7, 11) is -0.713. The zero-order valence-corrected chi connectivity index (χ0v) is 33.8. The lowest BCUT2D eigenvalue weighted by Gasteiger charge is -2.41. The van der Waals surface area contributed by atoms with Gasteiger partial charge < -0.3 is 30.2 Å². The van der Waals surface area contributed by atoms with Gasteiger partial charge in [0.05, 0.1) is 28.1 Å². The van der Waals surface area contributed by atoms with E-state index in [1.165, 1.54) is 6.42 Å². The third-order valence-electron chi connectivity index (χ3n) is 10.6. The number of hydrogen-bond donors (Lipinski definition) is 3. The molecule has 3 aliphatic rings. The van der Waals surface area contributed by atoms with Crippen molar-refractivity contribution >= 4 is 80.4 Å². The molecule has 3 fully saturated rings. The molecule has 4 heterocycles. The van der Waals surface area contributed by atoms with Gasteiger partial charge in [-0.05, 0) is 84.3 Å². The van der Waals surface area contributed by atoms with E-state index in [1.54, 1.807) is 6.20 Å². The van der Waals surface area contributed by atoms with E-state index in [2.05, 4.69) is 70.1 Å². The highest BCUT2D eigenvalue weighted by molar-refractivity contribution is 9.10. The van der Waals surface area contributed by atoms with Gasteiger partial charge >= 0.3 is 0 Å². The maximum absolute atomic E-state index is 13.6. The quantitative estimate of drug-likeness (QED) is 0.121. The van der Waals surface area contributed by atoms with Crippen LogP contribution in [0.4, 0.5) is 28.8 Å². The number of halogens is 2. The Bertz CT molecular complexity index is 2120. The van der Waals surface area contributed by atoms with Crippen LogP contribution in [0.1, 0.15) is 32.1 Å². The van der Waals surface area contributed by atoms with E-state index in [0.717, 1.165) is 115 Å². The number of fused-ring (bicyclic) bond motifs is 1. The molecule has 0 atom stereocenters. The van der Waals surface area contributed by atoms with Crippen LogP contribution >= 0.6 is 35.5 Å². The average Bonchev–Trinajstić information content (AvgIpc) is 3.57. The van der Waals surface area contributed by atoms with E-state index in [9.17, 15) is 4.57 Å². The van der Waals surface area contributed by atoms with Crippen LogP contribution in [0, 0.1) is 0 Å². The molecule has 5 aromatic rings. The van der Waals surface area contributed by atoms with Gasteiger partial charge in [-0.15, -0.1) is 12.4 Å². The number of rotatable bonds is 10. The Morgan fingerprint density at radius 2 is 1.72 bits per heavy atom. The molecule has 0 amide bonds. The zero-order chi connectivity index (χ0) is 35.8. The number of ether oxygens (including phenoxy) is 1. The Morgan fingerprint density at radius 3 is 2.42 bits per heavy atom. The molecule has 0 spiro atoms. The molecule has 0 unspecified atom stereocenters. The fourth-order valence-corrected chi connectivity index (χ4v) is 9.49. The van der Waals surface area contributed by atoms with Crippen molar-refractivity contribution in [3.8, 4) is 16.9 Å². The molecule has 2 aromatic heterocycles. The minimum Gasteiger partial charge on any atom is -0.488 e. The molecule has 14 heteroatoms. The molecule has 0 bridgehead atoms. The highest BCUT2D eigenvalue weighted by Gasteiger charge is 2.29. The standard InChI is InChI=1S/C39H47BrN9O2P.ClH/c1-47-25-27(23-43-47)31-21-34(36(51-29-8-6-9-29)22-35(31)49-17-13-28(14-18-49)48-19-15-41-16-20-48)45-39-42-24-32(40)38(46-39)44-33-12-11-26-7-4-5-10-30(26)37(33)52(2,3)50;/h4-5,7,10-12,21-25,28-29,41H,6,8-9,13-20H2,1-3H3,(H2,42,44,45,46);1H. The monoisotopic (exact) mass is 819 g/mol. The molecule has 2 aliphatic heterocycles. The number of piperidine rings is 1. The number of benzene rings is 3. The second-order valence-electron chi connectivity index (χ2n) is 14.6. The van der Waals surface area contributed by atoms with E-state index < -0.39 is 7.14 Å². The van der Waals surface area contributed by atoms with Gasteiger partial charge in [-0.2, -0.15) is 10.1 Å². The van der Waals surface area contributed by atoms with Crippen molar-refractivity contribution < 1.29 is 9.30 Å². The van der Waals surface area contributed by atoms with E-state index in [0.29, 0.717) is 22.3 Å². The zero-order valence-electron chi connectivity index (χ0n) is 30.5. The lowest BCUT2D eigenvalue weighted by molar-refractivity contribution is 0.121. The summed E-state index contributed by atoms with van der Waals surface area (Å²) in [6.07, 6.45) is 11.5. The average molecular weight is 821 g/mol. The van der Waals surface area contributed by atoms with Crippen LogP contribution in [0.3, 0.4) is 0 Å². The van der Waals surface area contributed by atoms with E-state index in [4.69, 9.17) is 9.72 Å². The van der Waals surface area contributed by atoms with Gasteiger partial charge in [0, 0.05) is 92.9 Å². The van der Waals surface area contributed by atoms with Gasteiger partial charge in [0.15, 0.2) is 0 Å². The smallest absolute Gasteiger partial charge is 0.229 e. The predicted octanol–water partition coefficient (Wildman–Crippen LogP) is 7.76. The van der Waals surface area contributed by atoms with Crippen LogP contribution < -0.4 is 30.9 Å².